The standard InChI is InChI=1S/C24H30O4/c1-16(2)9-7-10-17(3)11-8-14-24(4,26)21-15-19-22(28-21)18-12-5-6-13-20(18)27-23(19)25/h5-6,9,11-13,21,26H,7-8,10,14-15H2,1-4H3/b17-11+/t21-,24+/m0/s1. The predicted octanol–water partition coefficient (Wildman–Crippen LogP) is 5.32. The first-order valence-electron chi connectivity index (χ1n) is 10.0. The highest BCUT2D eigenvalue weighted by Gasteiger charge is 2.40. The van der Waals surface area contributed by atoms with Crippen molar-refractivity contribution in [3.8, 4) is 5.75 Å². The van der Waals surface area contributed by atoms with Gasteiger partial charge in [-0.25, -0.2) is 4.79 Å². The third-order valence-electron chi connectivity index (χ3n) is 5.43. The van der Waals surface area contributed by atoms with Gasteiger partial charge in [0.05, 0.1) is 16.6 Å². The van der Waals surface area contributed by atoms with E-state index in [9.17, 15) is 9.90 Å². The Morgan fingerprint density at radius 1 is 1.21 bits per heavy atom. The van der Waals surface area contributed by atoms with E-state index in [0.717, 1.165) is 24.6 Å². The normalized spacial score (nSPS) is 18.5. The van der Waals surface area contributed by atoms with E-state index in [1.165, 1.54) is 11.1 Å². The van der Waals surface area contributed by atoms with Gasteiger partial charge in [0.15, 0.2) is 0 Å². The summed E-state index contributed by atoms with van der Waals surface area (Å²) in [5.74, 6) is 0.561. The lowest BCUT2D eigenvalue weighted by Crippen LogP contribution is -2.42. The van der Waals surface area contributed by atoms with Gasteiger partial charge in [0.25, 0.3) is 0 Å². The molecule has 0 radical (unpaired) electrons. The number of fused-ring (bicyclic) bond motifs is 3. The van der Waals surface area contributed by atoms with Gasteiger partial charge < -0.3 is 14.3 Å². The molecule has 4 nitrogen and oxygen atoms in total. The molecular formula is C24H30O4. The monoisotopic (exact) mass is 382 g/mol. The SMILES string of the molecule is CC(C)=CCC/C(C)=C/CC[C@@](C)(O)[C@@H]1Cc2c(c3ccccc3oc2=O)O1. The average molecular weight is 383 g/mol. The molecule has 0 amide bonds. The Hall–Kier alpha value is -2.33. The summed E-state index contributed by atoms with van der Waals surface area (Å²) in [7, 11) is 0. The topological polar surface area (TPSA) is 59.7 Å². The van der Waals surface area contributed by atoms with Gasteiger partial charge in [0.2, 0.25) is 0 Å². The van der Waals surface area contributed by atoms with Gasteiger partial charge in [-0.05, 0) is 65.5 Å². The van der Waals surface area contributed by atoms with Crippen LogP contribution >= 0.6 is 0 Å². The van der Waals surface area contributed by atoms with Crippen molar-refractivity contribution in [2.45, 2.75) is 71.5 Å². The lowest BCUT2D eigenvalue weighted by atomic mass is 9.90. The number of para-hydroxylation sites is 1. The Bertz CT molecular complexity index is 958. The maximum atomic E-state index is 12.3. The first-order valence-corrected chi connectivity index (χ1v) is 10.0. The molecule has 3 rings (SSSR count). The summed E-state index contributed by atoms with van der Waals surface area (Å²) in [6.45, 7) is 8.14. The maximum Gasteiger partial charge on any atom is 0.343 e. The lowest BCUT2D eigenvalue weighted by Gasteiger charge is -2.29. The number of allylic oxidation sites excluding steroid dienone is 4. The molecule has 4 heteroatoms. The Morgan fingerprint density at radius 3 is 2.71 bits per heavy atom. The molecular weight excluding hydrogens is 352 g/mol. The van der Waals surface area contributed by atoms with Crippen molar-refractivity contribution in [3.05, 3.63) is 63.5 Å². The van der Waals surface area contributed by atoms with E-state index in [2.05, 4.69) is 32.9 Å². The number of hydrogen-bond acceptors (Lipinski definition) is 4. The second kappa shape index (κ2) is 8.36. The van der Waals surface area contributed by atoms with Crippen LogP contribution in [0.25, 0.3) is 11.0 Å². The summed E-state index contributed by atoms with van der Waals surface area (Å²) in [6.07, 6.45) is 7.80. The van der Waals surface area contributed by atoms with E-state index in [0.29, 0.717) is 29.7 Å². The largest absolute Gasteiger partial charge is 0.486 e. The number of aliphatic hydroxyl groups is 1. The summed E-state index contributed by atoms with van der Waals surface area (Å²) in [4.78, 5) is 12.3. The van der Waals surface area contributed by atoms with Crippen LogP contribution in [0.15, 0.2) is 56.8 Å². The first kappa shape index (κ1) is 20.4. The summed E-state index contributed by atoms with van der Waals surface area (Å²) in [5.41, 5.74) is 2.31. The van der Waals surface area contributed by atoms with E-state index in [1.807, 2.05) is 18.2 Å². The van der Waals surface area contributed by atoms with Crippen LogP contribution in [0, 0.1) is 0 Å². The number of hydrogen-bond donors (Lipinski definition) is 1. The van der Waals surface area contributed by atoms with Crippen LogP contribution in [0.5, 0.6) is 5.75 Å². The molecule has 1 N–H and O–H groups in total. The van der Waals surface area contributed by atoms with Crippen molar-refractivity contribution in [3.63, 3.8) is 0 Å². The number of ether oxygens (including phenoxy) is 1. The van der Waals surface area contributed by atoms with Gasteiger partial charge in [0.1, 0.15) is 17.4 Å². The Kier molecular flexibility index (Phi) is 6.09. The van der Waals surface area contributed by atoms with Crippen molar-refractivity contribution in [1.82, 2.24) is 0 Å². The quantitative estimate of drug-likeness (QED) is 0.520. The van der Waals surface area contributed by atoms with Gasteiger partial charge in [-0.2, -0.15) is 0 Å². The van der Waals surface area contributed by atoms with Crippen LogP contribution < -0.4 is 10.4 Å². The van der Waals surface area contributed by atoms with Crippen LogP contribution in [0.4, 0.5) is 0 Å². The molecule has 0 aliphatic carbocycles. The van der Waals surface area contributed by atoms with E-state index in [-0.39, 0.29) is 5.63 Å². The van der Waals surface area contributed by atoms with Gasteiger partial charge in [-0.3, -0.25) is 0 Å². The minimum Gasteiger partial charge on any atom is -0.486 e. The molecule has 2 heterocycles. The molecule has 2 aromatic rings. The molecule has 28 heavy (non-hydrogen) atoms. The number of rotatable bonds is 7. The highest BCUT2D eigenvalue weighted by molar-refractivity contribution is 5.84. The minimum absolute atomic E-state index is 0.373. The molecule has 1 aliphatic rings. The smallest absolute Gasteiger partial charge is 0.343 e. The summed E-state index contributed by atoms with van der Waals surface area (Å²) in [5, 5.41) is 11.8. The third kappa shape index (κ3) is 4.56. The maximum absolute atomic E-state index is 12.3. The molecule has 1 aromatic carbocycles. The van der Waals surface area contributed by atoms with Gasteiger partial charge in [-0.15, -0.1) is 0 Å². The molecule has 2 atom stereocenters. The molecule has 0 fully saturated rings. The zero-order chi connectivity index (χ0) is 20.3. The molecule has 0 unspecified atom stereocenters. The van der Waals surface area contributed by atoms with E-state index in [1.54, 1.807) is 13.0 Å². The number of benzene rings is 1. The molecule has 150 valence electrons. The Morgan fingerprint density at radius 2 is 1.96 bits per heavy atom. The van der Waals surface area contributed by atoms with Crippen molar-refractivity contribution in [2.24, 2.45) is 0 Å². The summed E-state index contributed by atoms with van der Waals surface area (Å²) < 4.78 is 11.5. The van der Waals surface area contributed by atoms with Gasteiger partial charge in [-0.1, -0.05) is 35.4 Å². The zero-order valence-corrected chi connectivity index (χ0v) is 17.2. The molecule has 0 saturated heterocycles. The van der Waals surface area contributed by atoms with E-state index >= 15 is 0 Å². The third-order valence-corrected chi connectivity index (χ3v) is 5.43. The van der Waals surface area contributed by atoms with E-state index < -0.39 is 11.7 Å². The van der Waals surface area contributed by atoms with Crippen LogP contribution in [0.1, 0.15) is 58.9 Å². The van der Waals surface area contributed by atoms with Gasteiger partial charge >= 0.3 is 5.63 Å². The van der Waals surface area contributed by atoms with Crippen molar-refractivity contribution in [1.29, 1.82) is 0 Å². The summed E-state index contributed by atoms with van der Waals surface area (Å²) in [6, 6.07) is 7.36. The summed E-state index contributed by atoms with van der Waals surface area (Å²) >= 11 is 0. The molecule has 0 spiro atoms. The van der Waals surface area contributed by atoms with Crippen LogP contribution in [0.2, 0.25) is 0 Å². The highest BCUT2D eigenvalue weighted by Crippen LogP contribution is 2.38. The second-order valence-corrected chi connectivity index (χ2v) is 8.27. The molecule has 0 saturated carbocycles. The van der Waals surface area contributed by atoms with Crippen molar-refractivity contribution >= 4 is 11.0 Å². The van der Waals surface area contributed by atoms with E-state index in [4.69, 9.17) is 9.15 Å². The molecule has 0 bridgehead atoms. The lowest BCUT2D eigenvalue weighted by molar-refractivity contribution is -0.0429. The first-order chi connectivity index (χ1) is 13.3. The fourth-order valence-electron chi connectivity index (χ4n) is 3.65. The van der Waals surface area contributed by atoms with Crippen LogP contribution in [-0.4, -0.2) is 16.8 Å². The fourth-order valence-corrected chi connectivity index (χ4v) is 3.65. The fraction of sp³-hybridized carbons (Fsp3) is 0.458. The predicted molar refractivity (Wildman–Crippen MR) is 113 cm³/mol. The molecule has 1 aromatic heterocycles. The van der Waals surface area contributed by atoms with Crippen molar-refractivity contribution < 1.29 is 14.3 Å². The van der Waals surface area contributed by atoms with Crippen molar-refractivity contribution in [2.75, 3.05) is 0 Å². The molecule has 1 aliphatic heterocycles. The van der Waals surface area contributed by atoms with Crippen LogP contribution in [-0.2, 0) is 6.42 Å². The second-order valence-electron chi connectivity index (χ2n) is 8.27. The Labute approximate surface area is 166 Å². The van der Waals surface area contributed by atoms with Crippen LogP contribution in [0.3, 0.4) is 0 Å². The zero-order valence-electron chi connectivity index (χ0n) is 17.2. The average Bonchev–Trinajstić information content (AvgIpc) is 3.09. The van der Waals surface area contributed by atoms with Gasteiger partial charge in [0, 0.05) is 6.42 Å². The highest BCUT2D eigenvalue weighted by atomic mass is 16.5. The minimum atomic E-state index is -1.02. The Balaban J connectivity index is 1.66.